The molecule has 3 aromatic rings. The number of amides is 1. The first-order valence-corrected chi connectivity index (χ1v) is 14.8. The zero-order chi connectivity index (χ0) is 32.3. The van der Waals surface area contributed by atoms with Crippen molar-refractivity contribution in [1.82, 2.24) is 24.6 Å². The molecule has 1 saturated heterocycles. The summed E-state index contributed by atoms with van der Waals surface area (Å²) in [6.07, 6.45) is -5.04. The van der Waals surface area contributed by atoms with Gasteiger partial charge in [-0.15, -0.1) is 0 Å². The standard InChI is InChI=1S/C29H32ClF4N7O4/c1-28(14-42)6-9-40(13-28)26(43)24-22(30)19-11-39(7-3-8-41(19)38-24)25-15-12-45-20(10-18(15)36-27(37-25)44-2)21-16(29(32,33)34)4-5-17(35)23(21)31/h4-5,20,42H,3,6-14,35H2,1-2H3. The van der Waals surface area contributed by atoms with Crippen LogP contribution < -0.4 is 15.4 Å². The number of nitrogens with two attached hydrogens (primary N) is 1. The first-order chi connectivity index (χ1) is 21.3. The molecule has 6 rings (SSSR count). The number of aromatic nitrogens is 4. The van der Waals surface area contributed by atoms with Gasteiger partial charge in [0.15, 0.2) is 11.5 Å². The van der Waals surface area contributed by atoms with Gasteiger partial charge in [0.1, 0.15) is 5.82 Å². The minimum Gasteiger partial charge on any atom is -0.467 e. The largest absolute Gasteiger partial charge is 0.467 e. The topological polar surface area (TPSA) is 132 Å². The zero-order valence-electron chi connectivity index (χ0n) is 24.6. The lowest BCUT2D eigenvalue weighted by Gasteiger charge is -2.31. The fourth-order valence-corrected chi connectivity index (χ4v) is 6.49. The second-order valence-corrected chi connectivity index (χ2v) is 12.3. The van der Waals surface area contributed by atoms with Gasteiger partial charge in [0.2, 0.25) is 0 Å². The number of alkyl halides is 3. The average molecular weight is 654 g/mol. The van der Waals surface area contributed by atoms with Crippen molar-refractivity contribution in [3.63, 3.8) is 0 Å². The predicted octanol–water partition coefficient (Wildman–Crippen LogP) is 4.14. The normalized spacial score (nSPS) is 21.8. The number of aryl methyl sites for hydroxylation is 1. The number of hydrogen-bond acceptors (Lipinski definition) is 9. The third-order valence-corrected chi connectivity index (χ3v) is 9.14. The molecular formula is C29H32ClF4N7O4. The van der Waals surface area contributed by atoms with Crippen molar-refractivity contribution in [2.24, 2.45) is 5.41 Å². The highest BCUT2D eigenvalue weighted by Gasteiger charge is 2.41. The number of nitrogens with zero attached hydrogens (tertiary/aromatic N) is 6. The molecule has 5 heterocycles. The Balaban J connectivity index is 1.32. The van der Waals surface area contributed by atoms with Crippen LogP contribution in [-0.4, -0.2) is 69.0 Å². The van der Waals surface area contributed by atoms with Crippen molar-refractivity contribution >= 4 is 29.0 Å². The van der Waals surface area contributed by atoms with Crippen molar-refractivity contribution in [3.8, 4) is 6.01 Å². The van der Waals surface area contributed by atoms with Crippen molar-refractivity contribution in [3.05, 3.63) is 56.7 Å². The van der Waals surface area contributed by atoms with E-state index in [9.17, 15) is 23.1 Å². The van der Waals surface area contributed by atoms with E-state index in [0.29, 0.717) is 61.8 Å². The second kappa shape index (κ2) is 11.6. The molecule has 0 radical (unpaired) electrons. The number of likely N-dealkylation sites (tertiary alicyclic amines) is 1. The molecule has 1 fully saturated rings. The monoisotopic (exact) mass is 653 g/mol. The molecule has 2 unspecified atom stereocenters. The number of hydrogen-bond donors (Lipinski definition) is 2. The van der Waals surface area contributed by atoms with Crippen molar-refractivity contribution in [2.45, 2.75) is 58.2 Å². The second-order valence-electron chi connectivity index (χ2n) is 11.9. The third kappa shape index (κ3) is 5.65. The number of fused-ring (bicyclic) bond motifs is 2. The Morgan fingerprint density at radius 1 is 1.27 bits per heavy atom. The van der Waals surface area contributed by atoms with E-state index in [1.807, 2.05) is 11.8 Å². The van der Waals surface area contributed by atoms with Gasteiger partial charge in [0.25, 0.3) is 5.91 Å². The van der Waals surface area contributed by atoms with Crippen LogP contribution in [0.1, 0.15) is 64.4 Å². The Labute approximate surface area is 260 Å². The molecular weight excluding hydrogens is 622 g/mol. The molecule has 0 aliphatic carbocycles. The van der Waals surface area contributed by atoms with E-state index >= 15 is 4.39 Å². The number of aliphatic hydroxyl groups is 1. The summed E-state index contributed by atoms with van der Waals surface area (Å²) < 4.78 is 69.5. The third-order valence-electron chi connectivity index (χ3n) is 8.74. The SMILES string of the molecule is COc1nc2c(c(N3CCCn4nc(C(=O)N5CCC(C)(CO)C5)c(Cl)c4C3)n1)COC(c1c(C(F)(F)F)ccc(N)c1F)C2. The van der Waals surface area contributed by atoms with Crippen molar-refractivity contribution in [2.75, 3.05) is 44.0 Å². The summed E-state index contributed by atoms with van der Waals surface area (Å²) in [5, 5.41) is 14.5. The minimum absolute atomic E-state index is 0.0193. The molecule has 11 nitrogen and oxygen atoms in total. The van der Waals surface area contributed by atoms with Gasteiger partial charge in [-0.05, 0) is 25.0 Å². The summed E-state index contributed by atoms with van der Waals surface area (Å²) in [6.45, 7) is 3.76. The van der Waals surface area contributed by atoms with Crippen LogP contribution in [0.25, 0.3) is 0 Å². The number of carbonyl (C=O) groups is 1. The van der Waals surface area contributed by atoms with E-state index < -0.39 is 34.9 Å². The summed E-state index contributed by atoms with van der Waals surface area (Å²) >= 11 is 6.79. The van der Waals surface area contributed by atoms with E-state index in [-0.39, 0.29) is 54.2 Å². The van der Waals surface area contributed by atoms with E-state index in [2.05, 4.69) is 15.1 Å². The number of aliphatic hydroxyl groups excluding tert-OH is 1. The van der Waals surface area contributed by atoms with Gasteiger partial charge >= 0.3 is 12.2 Å². The first-order valence-electron chi connectivity index (χ1n) is 14.4. The van der Waals surface area contributed by atoms with Crippen LogP contribution >= 0.6 is 11.6 Å². The number of ether oxygens (including phenoxy) is 2. The summed E-state index contributed by atoms with van der Waals surface area (Å²) in [5.74, 6) is -1.07. The number of anilines is 2. The highest BCUT2D eigenvalue weighted by Crippen LogP contribution is 2.43. The lowest BCUT2D eigenvalue weighted by molar-refractivity contribution is -0.140. The maximum atomic E-state index is 15.1. The number of carbonyl (C=O) groups excluding carboxylic acids is 1. The molecule has 0 spiro atoms. The van der Waals surface area contributed by atoms with Gasteiger partial charge in [0, 0.05) is 49.1 Å². The molecule has 16 heteroatoms. The van der Waals surface area contributed by atoms with Gasteiger partial charge in [-0.25, -0.2) is 4.39 Å². The summed E-state index contributed by atoms with van der Waals surface area (Å²) in [7, 11) is 1.37. The molecule has 242 valence electrons. The Kier molecular flexibility index (Phi) is 8.06. The van der Waals surface area contributed by atoms with Gasteiger partial charge in [-0.3, -0.25) is 9.48 Å². The van der Waals surface area contributed by atoms with E-state index in [4.69, 9.17) is 26.8 Å². The molecule has 0 saturated carbocycles. The highest BCUT2D eigenvalue weighted by molar-refractivity contribution is 6.34. The van der Waals surface area contributed by atoms with Crippen molar-refractivity contribution < 1.29 is 36.9 Å². The number of halogens is 5. The minimum atomic E-state index is -4.83. The van der Waals surface area contributed by atoms with E-state index in [1.54, 1.807) is 9.58 Å². The van der Waals surface area contributed by atoms with Crippen molar-refractivity contribution in [1.29, 1.82) is 0 Å². The Morgan fingerprint density at radius 2 is 2.04 bits per heavy atom. The first kappa shape index (κ1) is 31.3. The number of methoxy groups -OCH3 is 1. The molecule has 1 amide bonds. The smallest absolute Gasteiger partial charge is 0.416 e. The van der Waals surface area contributed by atoms with E-state index in [1.165, 1.54) is 7.11 Å². The predicted molar refractivity (Wildman–Crippen MR) is 154 cm³/mol. The lowest BCUT2D eigenvalue weighted by atomic mass is 9.91. The zero-order valence-corrected chi connectivity index (χ0v) is 25.4. The number of rotatable bonds is 5. The molecule has 3 aliphatic heterocycles. The molecule has 45 heavy (non-hydrogen) atoms. The summed E-state index contributed by atoms with van der Waals surface area (Å²) in [6, 6.07) is 1.61. The van der Waals surface area contributed by atoms with Crippen LogP contribution in [-0.2, 0) is 37.0 Å². The molecule has 0 bridgehead atoms. The summed E-state index contributed by atoms with van der Waals surface area (Å²) in [4.78, 5) is 25.9. The van der Waals surface area contributed by atoms with Crippen LogP contribution in [0.5, 0.6) is 6.01 Å². The van der Waals surface area contributed by atoms with Crippen LogP contribution in [0.4, 0.5) is 29.1 Å². The van der Waals surface area contributed by atoms with Crippen LogP contribution in [0, 0.1) is 11.2 Å². The van der Waals surface area contributed by atoms with Gasteiger partial charge in [0.05, 0.1) is 60.6 Å². The number of benzene rings is 1. The van der Waals surface area contributed by atoms with Gasteiger partial charge < -0.3 is 30.1 Å². The maximum absolute atomic E-state index is 15.1. The lowest BCUT2D eigenvalue weighted by Crippen LogP contribution is -2.33. The van der Waals surface area contributed by atoms with Crippen LogP contribution in [0.2, 0.25) is 5.02 Å². The van der Waals surface area contributed by atoms with Crippen LogP contribution in [0.15, 0.2) is 12.1 Å². The quantitative estimate of drug-likeness (QED) is 0.308. The Hall–Kier alpha value is -3.69. The average Bonchev–Trinajstić information content (AvgIpc) is 3.47. The highest BCUT2D eigenvalue weighted by atomic mass is 35.5. The van der Waals surface area contributed by atoms with Gasteiger partial charge in [-0.2, -0.15) is 28.2 Å². The molecule has 3 N–H and O–H groups in total. The van der Waals surface area contributed by atoms with Gasteiger partial charge in [-0.1, -0.05) is 18.5 Å². The fraction of sp³-hybridized carbons (Fsp3) is 0.517. The molecule has 1 aromatic carbocycles. The Morgan fingerprint density at radius 3 is 2.73 bits per heavy atom. The van der Waals surface area contributed by atoms with Crippen LogP contribution in [0.3, 0.4) is 0 Å². The molecule has 3 aliphatic rings. The molecule has 2 aromatic heterocycles. The van der Waals surface area contributed by atoms with E-state index in [0.717, 1.165) is 12.1 Å². The summed E-state index contributed by atoms with van der Waals surface area (Å²) in [5.41, 5.74) is 4.60. The molecule has 2 atom stereocenters. The fourth-order valence-electron chi connectivity index (χ4n) is 6.22. The Bertz CT molecular complexity index is 1650. The number of nitrogen functional groups attached to an aromatic ring is 1. The maximum Gasteiger partial charge on any atom is 0.416 e.